The lowest BCUT2D eigenvalue weighted by Crippen LogP contribution is -2.40. The SMILES string of the molecule is COc1ccc(CCC(C)NC(C)C2CCOC2)cc1. The van der Waals surface area contributed by atoms with Crippen LogP contribution < -0.4 is 10.1 Å². The summed E-state index contributed by atoms with van der Waals surface area (Å²) in [6.07, 6.45) is 3.45. The van der Waals surface area contributed by atoms with Gasteiger partial charge in [-0.1, -0.05) is 12.1 Å². The lowest BCUT2D eigenvalue weighted by atomic mass is 9.98. The Morgan fingerprint density at radius 1 is 1.30 bits per heavy atom. The molecule has 0 amide bonds. The van der Waals surface area contributed by atoms with Gasteiger partial charge in [0.15, 0.2) is 0 Å². The molecule has 0 aromatic heterocycles. The van der Waals surface area contributed by atoms with Gasteiger partial charge in [0.25, 0.3) is 0 Å². The first-order valence-electron chi connectivity index (χ1n) is 7.65. The van der Waals surface area contributed by atoms with E-state index < -0.39 is 0 Å². The number of hydrogen-bond donors (Lipinski definition) is 1. The molecule has 1 fully saturated rings. The van der Waals surface area contributed by atoms with E-state index in [1.807, 2.05) is 12.1 Å². The largest absolute Gasteiger partial charge is 0.497 e. The van der Waals surface area contributed by atoms with Crippen molar-refractivity contribution in [2.24, 2.45) is 5.92 Å². The van der Waals surface area contributed by atoms with E-state index in [-0.39, 0.29) is 0 Å². The van der Waals surface area contributed by atoms with E-state index >= 15 is 0 Å². The van der Waals surface area contributed by atoms with Crippen molar-refractivity contribution >= 4 is 0 Å². The second-order valence-corrected chi connectivity index (χ2v) is 5.87. The molecule has 112 valence electrons. The Balaban J connectivity index is 1.72. The Hall–Kier alpha value is -1.06. The van der Waals surface area contributed by atoms with Crippen LogP contribution in [0, 0.1) is 5.92 Å². The van der Waals surface area contributed by atoms with E-state index in [0.717, 1.165) is 31.8 Å². The zero-order chi connectivity index (χ0) is 14.4. The molecule has 1 heterocycles. The maximum atomic E-state index is 5.46. The molecule has 0 aliphatic carbocycles. The van der Waals surface area contributed by atoms with Crippen LogP contribution in [0.2, 0.25) is 0 Å². The Kier molecular flexibility index (Phi) is 5.86. The molecule has 1 aromatic carbocycles. The van der Waals surface area contributed by atoms with E-state index in [1.165, 1.54) is 12.0 Å². The predicted molar refractivity (Wildman–Crippen MR) is 82.3 cm³/mol. The van der Waals surface area contributed by atoms with Gasteiger partial charge in [-0.2, -0.15) is 0 Å². The summed E-state index contributed by atoms with van der Waals surface area (Å²) in [6.45, 7) is 6.40. The Bertz CT molecular complexity index is 384. The molecular weight excluding hydrogens is 250 g/mol. The molecule has 1 N–H and O–H groups in total. The molecule has 3 unspecified atom stereocenters. The van der Waals surface area contributed by atoms with E-state index in [2.05, 4.69) is 31.3 Å². The molecule has 0 radical (unpaired) electrons. The van der Waals surface area contributed by atoms with Crippen molar-refractivity contribution in [2.75, 3.05) is 20.3 Å². The summed E-state index contributed by atoms with van der Waals surface area (Å²) in [7, 11) is 1.70. The first kappa shape index (κ1) is 15.3. The fourth-order valence-electron chi connectivity index (χ4n) is 2.79. The topological polar surface area (TPSA) is 30.5 Å². The minimum absolute atomic E-state index is 0.535. The van der Waals surface area contributed by atoms with Crippen LogP contribution in [0.1, 0.15) is 32.3 Å². The third-order valence-electron chi connectivity index (χ3n) is 4.24. The van der Waals surface area contributed by atoms with Crippen molar-refractivity contribution in [1.29, 1.82) is 0 Å². The summed E-state index contributed by atoms with van der Waals surface area (Å²) in [4.78, 5) is 0. The lowest BCUT2D eigenvalue weighted by Gasteiger charge is -2.24. The number of nitrogens with one attached hydrogen (secondary N) is 1. The van der Waals surface area contributed by atoms with Gasteiger partial charge in [0.1, 0.15) is 5.75 Å². The van der Waals surface area contributed by atoms with Gasteiger partial charge in [-0.25, -0.2) is 0 Å². The van der Waals surface area contributed by atoms with Crippen LogP contribution in [0.4, 0.5) is 0 Å². The molecule has 2 rings (SSSR count). The number of ether oxygens (including phenoxy) is 2. The van der Waals surface area contributed by atoms with E-state index in [0.29, 0.717) is 18.0 Å². The second kappa shape index (κ2) is 7.65. The van der Waals surface area contributed by atoms with Crippen molar-refractivity contribution in [3.05, 3.63) is 29.8 Å². The highest BCUT2D eigenvalue weighted by molar-refractivity contribution is 5.27. The molecule has 3 heteroatoms. The third kappa shape index (κ3) is 4.50. The Morgan fingerprint density at radius 3 is 2.65 bits per heavy atom. The van der Waals surface area contributed by atoms with Gasteiger partial charge in [-0.3, -0.25) is 0 Å². The van der Waals surface area contributed by atoms with Crippen molar-refractivity contribution in [3.63, 3.8) is 0 Å². The van der Waals surface area contributed by atoms with Gasteiger partial charge in [0.05, 0.1) is 13.7 Å². The monoisotopic (exact) mass is 277 g/mol. The van der Waals surface area contributed by atoms with Gasteiger partial charge in [0.2, 0.25) is 0 Å². The normalized spacial score (nSPS) is 21.6. The van der Waals surface area contributed by atoms with Gasteiger partial charge in [0, 0.05) is 18.7 Å². The van der Waals surface area contributed by atoms with Gasteiger partial charge < -0.3 is 14.8 Å². The van der Waals surface area contributed by atoms with E-state index in [4.69, 9.17) is 9.47 Å². The maximum Gasteiger partial charge on any atom is 0.118 e. The first-order chi connectivity index (χ1) is 9.69. The van der Waals surface area contributed by atoms with Gasteiger partial charge >= 0.3 is 0 Å². The maximum absolute atomic E-state index is 5.46. The van der Waals surface area contributed by atoms with Crippen LogP contribution in [0.15, 0.2) is 24.3 Å². The summed E-state index contributed by atoms with van der Waals surface area (Å²) >= 11 is 0. The second-order valence-electron chi connectivity index (χ2n) is 5.87. The van der Waals surface area contributed by atoms with Crippen LogP contribution >= 0.6 is 0 Å². The molecule has 0 saturated carbocycles. The quantitative estimate of drug-likeness (QED) is 0.831. The predicted octanol–water partition coefficient (Wildman–Crippen LogP) is 3.03. The Morgan fingerprint density at radius 2 is 2.05 bits per heavy atom. The molecule has 3 nitrogen and oxygen atoms in total. The molecule has 1 aliphatic rings. The zero-order valence-electron chi connectivity index (χ0n) is 12.9. The number of aryl methyl sites for hydroxylation is 1. The van der Waals surface area contributed by atoms with Gasteiger partial charge in [-0.05, 0) is 56.7 Å². The van der Waals surface area contributed by atoms with Crippen LogP contribution in [-0.2, 0) is 11.2 Å². The van der Waals surface area contributed by atoms with Crippen molar-refractivity contribution in [1.82, 2.24) is 5.32 Å². The average molecular weight is 277 g/mol. The summed E-state index contributed by atoms with van der Waals surface area (Å²) in [5.41, 5.74) is 1.37. The molecule has 20 heavy (non-hydrogen) atoms. The summed E-state index contributed by atoms with van der Waals surface area (Å²) in [5, 5.41) is 3.71. The molecule has 3 atom stereocenters. The van der Waals surface area contributed by atoms with Crippen molar-refractivity contribution in [3.8, 4) is 5.75 Å². The summed E-state index contributed by atoms with van der Waals surface area (Å²) in [6, 6.07) is 9.45. The van der Waals surface area contributed by atoms with Crippen LogP contribution in [0.5, 0.6) is 5.75 Å². The van der Waals surface area contributed by atoms with Crippen LogP contribution in [0.3, 0.4) is 0 Å². The highest BCUT2D eigenvalue weighted by Gasteiger charge is 2.22. The lowest BCUT2D eigenvalue weighted by molar-refractivity contribution is 0.176. The molecular formula is C17H27NO2. The van der Waals surface area contributed by atoms with Crippen LogP contribution in [-0.4, -0.2) is 32.4 Å². The standard InChI is InChI=1S/C17H27NO2/c1-13(18-14(2)16-10-11-20-12-16)4-5-15-6-8-17(19-3)9-7-15/h6-9,13-14,16,18H,4-5,10-12H2,1-3H3. The van der Waals surface area contributed by atoms with Crippen LogP contribution in [0.25, 0.3) is 0 Å². The first-order valence-corrected chi connectivity index (χ1v) is 7.65. The highest BCUT2D eigenvalue weighted by atomic mass is 16.5. The highest BCUT2D eigenvalue weighted by Crippen LogP contribution is 2.18. The zero-order valence-corrected chi connectivity index (χ0v) is 12.9. The summed E-state index contributed by atoms with van der Waals surface area (Å²) in [5.74, 6) is 1.60. The fraction of sp³-hybridized carbons (Fsp3) is 0.647. The number of methoxy groups -OCH3 is 1. The van der Waals surface area contributed by atoms with Gasteiger partial charge in [-0.15, -0.1) is 0 Å². The summed E-state index contributed by atoms with van der Waals surface area (Å²) < 4.78 is 10.6. The minimum Gasteiger partial charge on any atom is -0.497 e. The smallest absolute Gasteiger partial charge is 0.118 e. The molecule has 1 aromatic rings. The fourth-order valence-corrected chi connectivity index (χ4v) is 2.79. The third-order valence-corrected chi connectivity index (χ3v) is 4.24. The number of benzene rings is 1. The van der Waals surface area contributed by atoms with Crippen molar-refractivity contribution < 1.29 is 9.47 Å². The van der Waals surface area contributed by atoms with Crippen molar-refractivity contribution in [2.45, 2.75) is 45.2 Å². The molecule has 1 aliphatic heterocycles. The number of rotatable bonds is 7. The Labute approximate surface area is 122 Å². The molecule has 1 saturated heterocycles. The minimum atomic E-state index is 0.535. The van der Waals surface area contributed by atoms with E-state index in [1.54, 1.807) is 7.11 Å². The molecule has 0 bridgehead atoms. The molecule has 0 spiro atoms. The average Bonchev–Trinajstić information content (AvgIpc) is 3.00. The van der Waals surface area contributed by atoms with E-state index in [9.17, 15) is 0 Å². The number of hydrogen-bond acceptors (Lipinski definition) is 3.